The van der Waals surface area contributed by atoms with Crippen molar-refractivity contribution in [3.05, 3.63) is 69.2 Å². The molecule has 0 unspecified atom stereocenters. The van der Waals surface area contributed by atoms with Crippen LogP contribution in [0.25, 0.3) is 0 Å². The van der Waals surface area contributed by atoms with Crippen molar-refractivity contribution in [1.29, 1.82) is 0 Å². The predicted octanol–water partition coefficient (Wildman–Crippen LogP) is 5.82. The molecule has 1 amide bonds. The highest BCUT2D eigenvalue weighted by molar-refractivity contribution is 6.31. The zero-order chi connectivity index (χ0) is 32.2. The number of hydrogen-bond acceptors (Lipinski definition) is 6. The Morgan fingerprint density at radius 3 is 2.33 bits per heavy atom. The van der Waals surface area contributed by atoms with E-state index in [0.29, 0.717) is 77.1 Å². The molecule has 0 saturated carbocycles. The number of nitrogens with zero attached hydrogens (tertiary/aromatic N) is 3. The third kappa shape index (κ3) is 5.79. The van der Waals surface area contributed by atoms with E-state index in [2.05, 4.69) is 35.8 Å². The molecular weight excluding hydrogens is 612 g/mol. The maximum atomic E-state index is 15.2. The van der Waals surface area contributed by atoms with Crippen LogP contribution in [0.15, 0.2) is 30.3 Å². The lowest BCUT2D eigenvalue weighted by atomic mass is 9.80. The van der Waals surface area contributed by atoms with E-state index in [1.54, 1.807) is 0 Å². The lowest BCUT2D eigenvalue weighted by molar-refractivity contribution is -0.166. The number of halogens is 3. The van der Waals surface area contributed by atoms with Gasteiger partial charge >= 0.3 is 0 Å². The van der Waals surface area contributed by atoms with Gasteiger partial charge < -0.3 is 19.1 Å². The summed E-state index contributed by atoms with van der Waals surface area (Å²) in [6.07, 6.45) is 2.96. The Hall–Kier alpha value is -2.14. The number of rotatable bonds is 5. The van der Waals surface area contributed by atoms with Gasteiger partial charge in [0.1, 0.15) is 17.7 Å². The first kappa shape index (κ1) is 32.4. The number of hydrogen-bond donors (Lipinski definition) is 0. The Morgan fingerprint density at radius 1 is 0.935 bits per heavy atom. The van der Waals surface area contributed by atoms with Gasteiger partial charge in [0.25, 0.3) is 0 Å². The van der Waals surface area contributed by atoms with Crippen LogP contribution in [-0.4, -0.2) is 97.9 Å². The number of carbonyl (C=O) groups excluding carboxylic acids is 1. The van der Waals surface area contributed by atoms with Gasteiger partial charge in [-0.15, -0.1) is 0 Å². The smallest absolute Gasteiger partial charge is 0.227 e. The highest BCUT2D eigenvalue weighted by Gasteiger charge is 2.54. The van der Waals surface area contributed by atoms with Gasteiger partial charge in [0, 0.05) is 81.1 Å². The molecule has 5 aliphatic heterocycles. The lowest BCUT2D eigenvalue weighted by Crippen LogP contribution is -2.54. The number of benzene rings is 2. The van der Waals surface area contributed by atoms with E-state index in [-0.39, 0.29) is 23.5 Å². The van der Waals surface area contributed by atoms with Crippen LogP contribution < -0.4 is 0 Å². The van der Waals surface area contributed by atoms with Crippen molar-refractivity contribution < 1.29 is 27.8 Å². The molecule has 2 aromatic carbocycles. The van der Waals surface area contributed by atoms with Crippen LogP contribution in [0.1, 0.15) is 73.8 Å². The van der Waals surface area contributed by atoms with Gasteiger partial charge in [-0.05, 0) is 80.8 Å². The van der Waals surface area contributed by atoms with Crippen molar-refractivity contribution in [2.45, 2.75) is 75.7 Å². The van der Waals surface area contributed by atoms with E-state index in [1.807, 2.05) is 11.8 Å². The first-order valence-corrected chi connectivity index (χ1v) is 17.3. The molecule has 4 fully saturated rings. The predicted molar refractivity (Wildman–Crippen MR) is 172 cm³/mol. The van der Waals surface area contributed by atoms with Gasteiger partial charge in [-0.25, -0.2) is 8.78 Å². The van der Waals surface area contributed by atoms with Crippen LogP contribution in [0.2, 0.25) is 5.02 Å². The van der Waals surface area contributed by atoms with Crippen LogP contribution in [0.4, 0.5) is 8.78 Å². The number of piperidine rings is 1. The van der Waals surface area contributed by atoms with Crippen molar-refractivity contribution in [3.63, 3.8) is 0 Å². The molecule has 0 radical (unpaired) electrons. The molecular formula is C36H46ClF2N3O4. The van der Waals surface area contributed by atoms with E-state index in [0.717, 1.165) is 48.1 Å². The summed E-state index contributed by atoms with van der Waals surface area (Å²) in [5, 5.41) is 0.730. The van der Waals surface area contributed by atoms with Crippen molar-refractivity contribution in [2.24, 2.45) is 5.92 Å². The number of ether oxygens (including phenoxy) is 3. The molecule has 4 saturated heterocycles. The molecule has 0 aromatic heterocycles. The molecule has 10 heteroatoms. The van der Waals surface area contributed by atoms with E-state index in [1.165, 1.54) is 17.7 Å². The summed E-state index contributed by atoms with van der Waals surface area (Å²) in [4.78, 5) is 21.1. The number of morpholine rings is 1. The van der Waals surface area contributed by atoms with Crippen molar-refractivity contribution in [3.8, 4) is 0 Å². The second kappa shape index (κ2) is 12.7. The number of likely N-dealkylation sites (tertiary alicyclic amines) is 2. The van der Waals surface area contributed by atoms with Gasteiger partial charge in [-0.2, -0.15) is 0 Å². The normalized spacial score (nSPS) is 27.8. The summed E-state index contributed by atoms with van der Waals surface area (Å²) >= 11 is 6.73. The first-order chi connectivity index (χ1) is 22.1. The fraction of sp³-hybridized carbons (Fsp3) is 0.639. The third-order valence-electron chi connectivity index (χ3n) is 11.5. The second-order valence-electron chi connectivity index (χ2n) is 14.4. The fourth-order valence-electron chi connectivity index (χ4n) is 8.76. The molecule has 250 valence electrons. The number of fused-ring (bicyclic) bond motifs is 2. The molecule has 46 heavy (non-hydrogen) atoms. The average molecular weight is 658 g/mol. The SMILES string of the molecule is Cc1cc2c(cc1Cl)C1(CCN(C(=O)[C@@H]3CN(C4CCOCC4)C[C@H]3c3ccc(F)cc3F)CC1)O[C@@H]2C(C)(C)N1CCOCC1. The minimum Gasteiger partial charge on any atom is -0.381 e. The summed E-state index contributed by atoms with van der Waals surface area (Å²) in [5.74, 6) is -1.88. The maximum Gasteiger partial charge on any atom is 0.227 e. The van der Waals surface area contributed by atoms with Gasteiger partial charge in [0.05, 0.1) is 24.7 Å². The Bertz CT molecular complexity index is 1450. The van der Waals surface area contributed by atoms with E-state index >= 15 is 4.39 Å². The van der Waals surface area contributed by atoms with Crippen molar-refractivity contribution in [1.82, 2.24) is 14.7 Å². The Labute approximate surface area is 276 Å². The molecule has 3 atom stereocenters. The quantitative estimate of drug-likeness (QED) is 0.404. The summed E-state index contributed by atoms with van der Waals surface area (Å²) < 4.78 is 47.5. The standard InChI is InChI=1S/C36H46ClF2N3O4/c1-23-18-27-30(20-31(23)37)36(46-33(27)35(2,3)42-12-16-45-17-13-42)8-10-40(11-9-36)34(43)29-22-41(25-6-14-44-15-7-25)21-28(29)26-5-4-24(38)19-32(26)39/h4-5,18-20,25,28-29,33H,6-17,21-22H2,1-3H3/t28-,29+,33-/m0/s1. The van der Waals surface area contributed by atoms with Gasteiger partial charge in [0.2, 0.25) is 5.91 Å². The number of aryl methyl sites for hydroxylation is 1. The summed E-state index contributed by atoms with van der Waals surface area (Å²) in [6.45, 7) is 13.3. The van der Waals surface area contributed by atoms with Crippen LogP contribution in [0.5, 0.6) is 0 Å². The first-order valence-electron chi connectivity index (χ1n) is 16.9. The third-order valence-corrected chi connectivity index (χ3v) is 11.9. The zero-order valence-electron chi connectivity index (χ0n) is 27.2. The molecule has 0 bridgehead atoms. The van der Waals surface area contributed by atoms with Gasteiger partial charge in [0.15, 0.2) is 0 Å². The molecule has 7 rings (SSSR count). The largest absolute Gasteiger partial charge is 0.381 e. The van der Waals surface area contributed by atoms with Crippen LogP contribution in [0.3, 0.4) is 0 Å². The molecule has 5 aliphatic rings. The Morgan fingerprint density at radius 2 is 1.63 bits per heavy atom. The zero-order valence-corrected chi connectivity index (χ0v) is 28.0. The topological polar surface area (TPSA) is 54.5 Å². The van der Waals surface area contributed by atoms with Crippen LogP contribution in [0, 0.1) is 24.5 Å². The fourth-order valence-corrected chi connectivity index (χ4v) is 8.92. The average Bonchev–Trinajstić information content (AvgIpc) is 3.63. The molecule has 0 N–H and O–H groups in total. The number of carbonyl (C=O) groups is 1. The summed E-state index contributed by atoms with van der Waals surface area (Å²) in [6, 6.07) is 8.36. The highest BCUT2D eigenvalue weighted by Crippen LogP contribution is 2.55. The maximum absolute atomic E-state index is 15.2. The van der Waals surface area contributed by atoms with Gasteiger partial charge in [-0.1, -0.05) is 23.7 Å². The lowest BCUT2D eigenvalue weighted by Gasteiger charge is -2.46. The van der Waals surface area contributed by atoms with Crippen molar-refractivity contribution >= 4 is 17.5 Å². The van der Waals surface area contributed by atoms with E-state index in [4.69, 9.17) is 25.8 Å². The van der Waals surface area contributed by atoms with Crippen LogP contribution >= 0.6 is 11.6 Å². The number of amides is 1. The highest BCUT2D eigenvalue weighted by atomic mass is 35.5. The minimum absolute atomic E-state index is 0.0449. The Balaban J connectivity index is 1.13. The second-order valence-corrected chi connectivity index (χ2v) is 14.8. The summed E-state index contributed by atoms with van der Waals surface area (Å²) in [7, 11) is 0. The summed E-state index contributed by atoms with van der Waals surface area (Å²) in [5.41, 5.74) is 2.98. The van der Waals surface area contributed by atoms with Crippen molar-refractivity contribution in [2.75, 3.05) is 65.7 Å². The molecule has 1 spiro atoms. The molecule has 7 nitrogen and oxygen atoms in total. The molecule has 5 heterocycles. The molecule has 0 aliphatic carbocycles. The van der Waals surface area contributed by atoms with Gasteiger partial charge in [-0.3, -0.25) is 14.6 Å². The van der Waals surface area contributed by atoms with E-state index < -0.39 is 23.2 Å². The Kier molecular flexibility index (Phi) is 8.96. The monoisotopic (exact) mass is 657 g/mol. The van der Waals surface area contributed by atoms with E-state index in [9.17, 15) is 9.18 Å². The van der Waals surface area contributed by atoms with Crippen LogP contribution in [-0.2, 0) is 24.6 Å². The minimum atomic E-state index is -0.605. The molecule has 2 aromatic rings.